The molecule has 0 atom stereocenters. The second-order valence-corrected chi connectivity index (χ2v) is 7.46. The number of H-pyrrole nitrogens is 1. The number of halogens is 1. The topological polar surface area (TPSA) is 64.3 Å². The first-order chi connectivity index (χ1) is 14.3. The lowest BCUT2D eigenvalue weighted by Crippen LogP contribution is -1.99. The molecule has 1 aliphatic rings. The molecule has 1 aliphatic heterocycles. The average molecular weight is 399 g/mol. The van der Waals surface area contributed by atoms with Gasteiger partial charge in [0.15, 0.2) is 0 Å². The Balaban J connectivity index is 1.53. The van der Waals surface area contributed by atoms with Crippen molar-refractivity contribution in [3.63, 3.8) is 0 Å². The fraction of sp³-hybridized carbons (Fsp3) is 0.0455. The van der Waals surface area contributed by atoms with E-state index in [1.165, 1.54) is 0 Å². The fourth-order valence-corrected chi connectivity index (χ4v) is 4.11. The SMILES string of the molecule is Clc1ccc2c(c1)-c1[nH]ncc1Cc1c(-c3cnn(-c4ccccc4)c3)ncn1-2. The number of nitrogens with one attached hydrogen (secondary N) is 1. The Morgan fingerprint density at radius 2 is 1.93 bits per heavy atom. The van der Waals surface area contributed by atoms with Crippen molar-refractivity contribution in [2.45, 2.75) is 6.42 Å². The lowest BCUT2D eigenvalue weighted by atomic mass is 10.0. The van der Waals surface area contributed by atoms with E-state index in [1.54, 1.807) is 0 Å². The van der Waals surface area contributed by atoms with Gasteiger partial charge in [0.05, 0.1) is 40.9 Å². The molecule has 6 rings (SSSR count). The molecule has 1 N–H and O–H groups in total. The van der Waals surface area contributed by atoms with E-state index in [2.05, 4.69) is 19.9 Å². The van der Waals surface area contributed by atoms with Crippen molar-refractivity contribution >= 4 is 11.6 Å². The van der Waals surface area contributed by atoms with Crippen LogP contribution in [0.2, 0.25) is 5.02 Å². The number of aromatic amines is 1. The van der Waals surface area contributed by atoms with Crippen LogP contribution in [0.4, 0.5) is 0 Å². The Labute approximate surface area is 171 Å². The smallest absolute Gasteiger partial charge is 0.100 e. The minimum absolute atomic E-state index is 0.692. The number of hydrogen-bond acceptors (Lipinski definition) is 3. The molecule has 7 heteroatoms. The summed E-state index contributed by atoms with van der Waals surface area (Å²) in [6.45, 7) is 0. The summed E-state index contributed by atoms with van der Waals surface area (Å²) in [5, 5.41) is 12.6. The van der Waals surface area contributed by atoms with Crippen molar-refractivity contribution in [3.05, 3.63) is 89.7 Å². The van der Waals surface area contributed by atoms with E-state index < -0.39 is 0 Å². The summed E-state index contributed by atoms with van der Waals surface area (Å²) in [4.78, 5) is 4.74. The monoisotopic (exact) mass is 398 g/mol. The van der Waals surface area contributed by atoms with Gasteiger partial charge in [-0.05, 0) is 30.3 Å². The van der Waals surface area contributed by atoms with Gasteiger partial charge < -0.3 is 4.57 Å². The zero-order chi connectivity index (χ0) is 19.4. The van der Waals surface area contributed by atoms with Gasteiger partial charge in [-0.2, -0.15) is 10.2 Å². The maximum absolute atomic E-state index is 6.28. The van der Waals surface area contributed by atoms with Gasteiger partial charge in [-0.1, -0.05) is 29.8 Å². The van der Waals surface area contributed by atoms with E-state index in [0.717, 1.165) is 45.1 Å². The van der Waals surface area contributed by atoms with Gasteiger partial charge in [0.25, 0.3) is 0 Å². The second-order valence-electron chi connectivity index (χ2n) is 7.03. The number of para-hydroxylation sites is 1. The van der Waals surface area contributed by atoms with E-state index in [-0.39, 0.29) is 0 Å². The number of imidazole rings is 1. The average Bonchev–Trinajstić information content (AvgIpc) is 3.48. The quantitative estimate of drug-likeness (QED) is 0.461. The first-order valence-electron chi connectivity index (χ1n) is 9.27. The highest BCUT2D eigenvalue weighted by molar-refractivity contribution is 6.31. The third-order valence-corrected chi connectivity index (χ3v) is 5.54. The van der Waals surface area contributed by atoms with Crippen molar-refractivity contribution in [1.82, 2.24) is 29.5 Å². The molecular weight excluding hydrogens is 384 g/mol. The Morgan fingerprint density at radius 1 is 1.03 bits per heavy atom. The van der Waals surface area contributed by atoms with E-state index in [1.807, 2.05) is 78.1 Å². The summed E-state index contributed by atoms with van der Waals surface area (Å²) in [7, 11) is 0. The Bertz CT molecular complexity index is 1340. The number of rotatable bonds is 2. The molecule has 2 aromatic carbocycles. The van der Waals surface area contributed by atoms with Gasteiger partial charge in [-0.15, -0.1) is 0 Å². The molecule has 0 bridgehead atoms. The van der Waals surface area contributed by atoms with Gasteiger partial charge >= 0.3 is 0 Å². The molecule has 6 nitrogen and oxygen atoms in total. The number of aromatic nitrogens is 6. The van der Waals surface area contributed by atoms with Crippen molar-refractivity contribution < 1.29 is 0 Å². The van der Waals surface area contributed by atoms with Gasteiger partial charge in [-0.3, -0.25) is 5.10 Å². The fourth-order valence-electron chi connectivity index (χ4n) is 3.94. The number of nitrogens with zero attached hydrogens (tertiary/aromatic N) is 5. The highest BCUT2D eigenvalue weighted by Gasteiger charge is 2.24. The lowest BCUT2D eigenvalue weighted by molar-refractivity contribution is 0.880. The summed E-state index contributed by atoms with van der Waals surface area (Å²) in [5.41, 5.74) is 8.17. The molecule has 0 unspecified atom stereocenters. The van der Waals surface area contributed by atoms with Crippen LogP contribution in [-0.4, -0.2) is 29.5 Å². The summed E-state index contributed by atoms with van der Waals surface area (Å²) < 4.78 is 4.00. The van der Waals surface area contributed by atoms with Crippen LogP contribution in [0.25, 0.3) is 33.9 Å². The summed E-state index contributed by atoms with van der Waals surface area (Å²) >= 11 is 6.28. The zero-order valence-corrected chi connectivity index (χ0v) is 16.0. The van der Waals surface area contributed by atoms with Gasteiger partial charge in [0.2, 0.25) is 0 Å². The van der Waals surface area contributed by atoms with Gasteiger partial charge in [0, 0.05) is 34.3 Å². The minimum atomic E-state index is 0.692. The molecule has 0 aliphatic carbocycles. The highest BCUT2D eigenvalue weighted by atomic mass is 35.5. The van der Waals surface area contributed by atoms with Crippen LogP contribution in [0.5, 0.6) is 0 Å². The molecule has 0 fully saturated rings. The molecule has 4 heterocycles. The van der Waals surface area contributed by atoms with Crippen LogP contribution < -0.4 is 0 Å². The number of benzene rings is 2. The van der Waals surface area contributed by atoms with E-state index in [0.29, 0.717) is 11.4 Å². The lowest BCUT2D eigenvalue weighted by Gasteiger charge is -2.10. The van der Waals surface area contributed by atoms with Crippen molar-refractivity contribution in [3.8, 4) is 33.9 Å². The normalized spacial score (nSPS) is 12.2. The molecule has 0 spiro atoms. The maximum Gasteiger partial charge on any atom is 0.100 e. The number of hydrogen-bond donors (Lipinski definition) is 1. The molecule has 140 valence electrons. The Kier molecular flexibility index (Phi) is 3.48. The molecule has 0 saturated carbocycles. The molecule has 29 heavy (non-hydrogen) atoms. The summed E-state index contributed by atoms with van der Waals surface area (Å²) in [5.74, 6) is 0. The zero-order valence-electron chi connectivity index (χ0n) is 15.2. The Hall–Kier alpha value is -3.64. The van der Waals surface area contributed by atoms with Crippen LogP contribution in [0.3, 0.4) is 0 Å². The largest absolute Gasteiger partial charge is 0.302 e. The molecule has 5 aromatic rings. The third kappa shape index (κ3) is 2.53. The predicted molar refractivity (Wildman–Crippen MR) is 112 cm³/mol. The molecular formula is C22H15ClN6. The maximum atomic E-state index is 6.28. The van der Waals surface area contributed by atoms with Crippen LogP contribution >= 0.6 is 11.6 Å². The molecule has 0 radical (unpaired) electrons. The first kappa shape index (κ1) is 16.3. The standard InChI is InChI=1S/C22H15ClN6/c23-16-6-7-19-18(9-16)21-14(10-25-27-21)8-20-22(24-13-28(19)20)15-11-26-29(12-15)17-4-2-1-3-5-17/h1-7,9-13H,8H2,(H,25,27). The van der Waals surface area contributed by atoms with Gasteiger partial charge in [0.1, 0.15) is 6.33 Å². The van der Waals surface area contributed by atoms with Crippen molar-refractivity contribution in [2.24, 2.45) is 0 Å². The third-order valence-electron chi connectivity index (χ3n) is 5.31. The first-order valence-corrected chi connectivity index (χ1v) is 9.65. The van der Waals surface area contributed by atoms with E-state index in [9.17, 15) is 0 Å². The van der Waals surface area contributed by atoms with Crippen molar-refractivity contribution in [1.29, 1.82) is 0 Å². The summed E-state index contributed by atoms with van der Waals surface area (Å²) in [6, 6.07) is 16.0. The summed E-state index contributed by atoms with van der Waals surface area (Å²) in [6.07, 6.45) is 8.34. The van der Waals surface area contributed by atoms with Gasteiger partial charge in [-0.25, -0.2) is 9.67 Å². The molecule has 0 amide bonds. The molecule has 0 saturated heterocycles. The van der Waals surface area contributed by atoms with Crippen molar-refractivity contribution in [2.75, 3.05) is 0 Å². The highest BCUT2D eigenvalue weighted by Crippen LogP contribution is 2.38. The predicted octanol–water partition coefficient (Wildman–Crippen LogP) is 4.67. The number of fused-ring (bicyclic) bond motifs is 5. The van der Waals surface area contributed by atoms with Crippen LogP contribution in [0.15, 0.2) is 73.4 Å². The molecule has 3 aromatic heterocycles. The van der Waals surface area contributed by atoms with E-state index >= 15 is 0 Å². The van der Waals surface area contributed by atoms with Crippen LogP contribution in [-0.2, 0) is 6.42 Å². The van der Waals surface area contributed by atoms with Crippen LogP contribution in [0, 0.1) is 0 Å². The van der Waals surface area contributed by atoms with E-state index in [4.69, 9.17) is 16.6 Å². The van der Waals surface area contributed by atoms with Crippen LogP contribution in [0.1, 0.15) is 11.3 Å². The minimum Gasteiger partial charge on any atom is -0.302 e. The second kappa shape index (κ2) is 6.18. The Morgan fingerprint density at radius 3 is 2.83 bits per heavy atom.